The van der Waals surface area contributed by atoms with Gasteiger partial charge < -0.3 is 5.32 Å². The standard InChI is InChI=1S/C20H33NO/c1-4-5-6-7-8-9-10-11-12-20(22)21-19-15-13-18(14-16-19)17(2)3/h13-17H,4-12H2,1-3H3,(H,21,22). The summed E-state index contributed by atoms with van der Waals surface area (Å²) >= 11 is 0. The molecule has 1 aromatic carbocycles. The molecule has 0 unspecified atom stereocenters. The number of unbranched alkanes of at least 4 members (excludes halogenated alkanes) is 7. The van der Waals surface area contributed by atoms with Crippen LogP contribution in [0.2, 0.25) is 0 Å². The third-order valence-corrected chi connectivity index (χ3v) is 4.12. The minimum Gasteiger partial charge on any atom is -0.326 e. The van der Waals surface area contributed by atoms with Gasteiger partial charge in [0, 0.05) is 12.1 Å². The lowest BCUT2D eigenvalue weighted by Crippen LogP contribution is -2.11. The number of rotatable bonds is 11. The molecule has 1 rings (SSSR count). The van der Waals surface area contributed by atoms with E-state index in [9.17, 15) is 4.79 Å². The first kappa shape index (κ1) is 18.7. The topological polar surface area (TPSA) is 29.1 Å². The average molecular weight is 303 g/mol. The van der Waals surface area contributed by atoms with Gasteiger partial charge in [-0.15, -0.1) is 0 Å². The SMILES string of the molecule is CCCCCCCCCCC(=O)Nc1ccc(C(C)C)cc1. The van der Waals surface area contributed by atoms with Crippen molar-refractivity contribution in [2.24, 2.45) is 0 Å². The summed E-state index contributed by atoms with van der Waals surface area (Å²) in [7, 11) is 0. The van der Waals surface area contributed by atoms with Crippen molar-refractivity contribution in [3.63, 3.8) is 0 Å². The molecule has 124 valence electrons. The number of benzene rings is 1. The second kappa shape index (κ2) is 11.3. The fourth-order valence-electron chi connectivity index (χ4n) is 2.59. The van der Waals surface area contributed by atoms with Crippen molar-refractivity contribution in [3.8, 4) is 0 Å². The molecule has 1 aromatic rings. The van der Waals surface area contributed by atoms with Gasteiger partial charge >= 0.3 is 0 Å². The highest BCUT2D eigenvalue weighted by atomic mass is 16.1. The first-order chi connectivity index (χ1) is 10.6. The Labute approximate surface area is 136 Å². The van der Waals surface area contributed by atoms with Crippen LogP contribution < -0.4 is 5.32 Å². The minimum atomic E-state index is 0.142. The van der Waals surface area contributed by atoms with Crippen molar-refractivity contribution in [2.75, 3.05) is 5.32 Å². The maximum absolute atomic E-state index is 11.9. The van der Waals surface area contributed by atoms with Gasteiger partial charge in [-0.3, -0.25) is 4.79 Å². The summed E-state index contributed by atoms with van der Waals surface area (Å²) in [6, 6.07) is 8.19. The van der Waals surface area contributed by atoms with E-state index in [0.29, 0.717) is 12.3 Å². The molecule has 0 fully saturated rings. The summed E-state index contributed by atoms with van der Waals surface area (Å²) in [6.07, 6.45) is 10.8. The van der Waals surface area contributed by atoms with E-state index in [-0.39, 0.29) is 5.91 Å². The van der Waals surface area contributed by atoms with Crippen LogP contribution in [0, 0.1) is 0 Å². The number of anilines is 1. The van der Waals surface area contributed by atoms with Crippen molar-refractivity contribution in [1.82, 2.24) is 0 Å². The lowest BCUT2D eigenvalue weighted by Gasteiger charge is -2.08. The summed E-state index contributed by atoms with van der Waals surface area (Å²) in [5, 5.41) is 2.99. The van der Waals surface area contributed by atoms with Crippen LogP contribution in [0.5, 0.6) is 0 Å². The highest BCUT2D eigenvalue weighted by Gasteiger charge is 2.03. The molecule has 2 nitrogen and oxygen atoms in total. The maximum Gasteiger partial charge on any atom is 0.224 e. The van der Waals surface area contributed by atoms with Gasteiger partial charge in [0.05, 0.1) is 0 Å². The first-order valence-corrected chi connectivity index (χ1v) is 9.03. The van der Waals surface area contributed by atoms with Crippen molar-refractivity contribution in [1.29, 1.82) is 0 Å². The Morgan fingerprint density at radius 2 is 1.45 bits per heavy atom. The molecule has 0 radical (unpaired) electrons. The molecule has 0 aliphatic carbocycles. The predicted octanol–water partition coefficient (Wildman–Crippen LogP) is 6.28. The maximum atomic E-state index is 11.9. The van der Waals surface area contributed by atoms with Gasteiger partial charge in [-0.2, -0.15) is 0 Å². The molecule has 0 aliphatic rings. The Hall–Kier alpha value is -1.31. The fourth-order valence-corrected chi connectivity index (χ4v) is 2.59. The molecule has 1 amide bonds. The summed E-state index contributed by atoms with van der Waals surface area (Å²) < 4.78 is 0. The Balaban J connectivity index is 2.10. The van der Waals surface area contributed by atoms with E-state index in [1.54, 1.807) is 0 Å². The largest absolute Gasteiger partial charge is 0.326 e. The number of hydrogen-bond donors (Lipinski definition) is 1. The Kier molecular flexibility index (Phi) is 9.61. The summed E-state index contributed by atoms with van der Waals surface area (Å²) in [6.45, 7) is 6.60. The van der Waals surface area contributed by atoms with E-state index in [1.807, 2.05) is 12.1 Å². The number of nitrogens with one attached hydrogen (secondary N) is 1. The molecule has 0 spiro atoms. The normalized spacial score (nSPS) is 10.9. The second-order valence-electron chi connectivity index (χ2n) is 6.55. The van der Waals surface area contributed by atoms with E-state index in [1.165, 1.54) is 50.5 Å². The zero-order valence-corrected chi connectivity index (χ0v) is 14.7. The van der Waals surface area contributed by atoms with E-state index in [4.69, 9.17) is 0 Å². The van der Waals surface area contributed by atoms with Gasteiger partial charge in [0.2, 0.25) is 5.91 Å². The van der Waals surface area contributed by atoms with Crippen LogP contribution in [-0.4, -0.2) is 5.91 Å². The van der Waals surface area contributed by atoms with E-state index < -0.39 is 0 Å². The van der Waals surface area contributed by atoms with Gasteiger partial charge in [0.1, 0.15) is 0 Å². The highest BCUT2D eigenvalue weighted by Crippen LogP contribution is 2.17. The van der Waals surface area contributed by atoms with Crippen LogP contribution in [0.4, 0.5) is 5.69 Å². The van der Waals surface area contributed by atoms with Crippen LogP contribution in [0.25, 0.3) is 0 Å². The van der Waals surface area contributed by atoms with Crippen LogP contribution >= 0.6 is 0 Å². The van der Waals surface area contributed by atoms with E-state index in [0.717, 1.165) is 12.1 Å². The quantitative estimate of drug-likeness (QED) is 0.479. The van der Waals surface area contributed by atoms with Gasteiger partial charge in [-0.25, -0.2) is 0 Å². The average Bonchev–Trinajstić information content (AvgIpc) is 2.50. The van der Waals surface area contributed by atoms with Gasteiger partial charge in [0.25, 0.3) is 0 Å². The lowest BCUT2D eigenvalue weighted by molar-refractivity contribution is -0.116. The lowest BCUT2D eigenvalue weighted by atomic mass is 10.0. The third-order valence-electron chi connectivity index (χ3n) is 4.12. The van der Waals surface area contributed by atoms with E-state index >= 15 is 0 Å². The van der Waals surface area contributed by atoms with Gasteiger partial charge in [0.15, 0.2) is 0 Å². The van der Waals surface area contributed by atoms with Crippen molar-refractivity contribution >= 4 is 11.6 Å². The molecule has 0 atom stereocenters. The molecule has 0 saturated carbocycles. The van der Waals surface area contributed by atoms with Gasteiger partial charge in [-0.1, -0.05) is 77.8 Å². The zero-order valence-electron chi connectivity index (χ0n) is 14.7. The number of hydrogen-bond acceptors (Lipinski definition) is 1. The Morgan fingerprint density at radius 1 is 0.909 bits per heavy atom. The zero-order chi connectivity index (χ0) is 16.2. The summed E-state index contributed by atoms with van der Waals surface area (Å²) in [5.74, 6) is 0.672. The monoisotopic (exact) mass is 303 g/mol. The third kappa shape index (κ3) is 8.21. The molecule has 0 aromatic heterocycles. The molecule has 0 heterocycles. The fraction of sp³-hybridized carbons (Fsp3) is 0.650. The molecule has 2 heteroatoms. The van der Waals surface area contributed by atoms with Gasteiger partial charge in [-0.05, 0) is 30.0 Å². The molecule has 22 heavy (non-hydrogen) atoms. The summed E-state index contributed by atoms with van der Waals surface area (Å²) in [5.41, 5.74) is 2.22. The number of amides is 1. The summed E-state index contributed by atoms with van der Waals surface area (Å²) in [4.78, 5) is 11.9. The highest BCUT2D eigenvalue weighted by molar-refractivity contribution is 5.90. The van der Waals surface area contributed by atoms with Crippen LogP contribution in [0.1, 0.15) is 90.0 Å². The van der Waals surface area contributed by atoms with Crippen LogP contribution in [0.15, 0.2) is 24.3 Å². The van der Waals surface area contributed by atoms with Crippen molar-refractivity contribution in [3.05, 3.63) is 29.8 Å². The van der Waals surface area contributed by atoms with Crippen LogP contribution in [-0.2, 0) is 4.79 Å². The first-order valence-electron chi connectivity index (χ1n) is 9.03. The Morgan fingerprint density at radius 3 is 2.00 bits per heavy atom. The smallest absolute Gasteiger partial charge is 0.224 e. The second-order valence-corrected chi connectivity index (χ2v) is 6.55. The molecule has 1 N–H and O–H groups in total. The van der Waals surface area contributed by atoms with E-state index in [2.05, 4.69) is 38.2 Å². The predicted molar refractivity (Wildman–Crippen MR) is 96.4 cm³/mol. The number of carbonyl (C=O) groups is 1. The number of carbonyl (C=O) groups excluding carboxylic acids is 1. The molecule has 0 bridgehead atoms. The molecule has 0 aliphatic heterocycles. The van der Waals surface area contributed by atoms with Crippen LogP contribution in [0.3, 0.4) is 0 Å². The van der Waals surface area contributed by atoms with Crippen molar-refractivity contribution < 1.29 is 4.79 Å². The molecular formula is C20H33NO. The molecule has 0 saturated heterocycles. The van der Waals surface area contributed by atoms with Crippen molar-refractivity contribution in [2.45, 2.75) is 84.5 Å². The molecular weight excluding hydrogens is 270 g/mol. The minimum absolute atomic E-state index is 0.142. The Bertz CT molecular complexity index is 408.